The van der Waals surface area contributed by atoms with Crippen molar-refractivity contribution in [2.24, 2.45) is 11.5 Å². The summed E-state index contributed by atoms with van der Waals surface area (Å²) in [6.07, 6.45) is -0.513. The van der Waals surface area contributed by atoms with E-state index in [9.17, 15) is 4.39 Å². The predicted octanol–water partition coefficient (Wildman–Crippen LogP) is 0.0538. The molecule has 0 saturated heterocycles. The number of alkyl halides is 1. The third-order valence-corrected chi connectivity index (χ3v) is 0.736. The van der Waals surface area contributed by atoms with Crippen molar-refractivity contribution in [1.82, 2.24) is 0 Å². The van der Waals surface area contributed by atoms with Crippen LogP contribution in [0.25, 0.3) is 0 Å². The molecule has 4 heteroatoms. The van der Waals surface area contributed by atoms with Gasteiger partial charge in [-0.2, -0.15) is 0 Å². The Balaban J connectivity index is 0. The lowest BCUT2D eigenvalue weighted by Gasteiger charge is -1.98. The van der Waals surface area contributed by atoms with Crippen LogP contribution >= 0.6 is 12.4 Å². The first-order chi connectivity index (χ1) is 3.31. The molecule has 4 N–H and O–H groups in total. The molecule has 0 aromatic rings. The smallest absolute Gasteiger partial charge is 0.113 e. The zero-order chi connectivity index (χ0) is 5.70. The Morgan fingerprint density at radius 1 is 1.38 bits per heavy atom. The summed E-state index contributed by atoms with van der Waals surface area (Å²) in [6.45, 7) is 0.482. The fourth-order valence-corrected chi connectivity index (χ4v) is 0.299. The molecular weight excluding hydrogens is 131 g/mol. The molecule has 0 radical (unpaired) electrons. The van der Waals surface area contributed by atoms with Crippen molar-refractivity contribution in [3.63, 3.8) is 0 Å². The van der Waals surface area contributed by atoms with Gasteiger partial charge in [0.1, 0.15) is 6.17 Å². The molecule has 0 aromatic heterocycles. The highest BCUT2D eigenvalue weighted by Gasteiger charge is 1.98. The second-order valence-corrected chi connectivity index (χ2v) is 1.41. The molecule has 0 aromatic carbocycles. The second kappa shape index (κ2) is 7.14. The molecule has 0 rings (SSSR count). The van der Waals surface area contributed by atoms with Crippen LogP contribution in [0.3, 0.4) is 0 Å². The number of hydrogen-bond acceptors (Lipinski definition) is 2. The summed E-state index contributed by atoms with van der Waals surface area (Å²) in [7, 11) is 0. The van der Waals surface area contributed by atoms with Crippen LogP contribution in [0.2, 0.25) is 0 Å². The molecule has 0 heterocycles. The van der Waals surface area contributed by atoms with Gasteiger partial charge in [-0.05, 0) is 13.0 Å². The summed E-state index contributed by atoms with van der Waals surface area (Å²) in [5.41, 5.74) is 9.94. The average Bonchev–Trinajstić information content (AvgIpc) is 1.68. The Labute approximate surface area is 54.8 Å². The van der Waals surface area contributed by atoms with Gasteiger partial charge >= 0.3 is 0 Å². The molecule has 0 bridgehead atoms. The predicted molar refractivity (Wildman–Crippen MR) is 34.9 cm³/mol. The van der Waals surface area contributed by atoms with Crippen LogP contribution in [0.4, 0.5) is 4.39 Å². The largest absolute Gasteiger partial charge is 0.330 e. The summed E-state index contributed by atoms with van der Waals surface area (Å²) in [4.78, 5) is 0. The topological polar surface area (TPSA) is 52.0 Å². The molecule has 52 valence electrons. The molecule has 0 aliphatic rings. The minimum absolute atomic E-state index is 0. The van der Waals surface area contributed by atoms with Gasteiger partial charge in [-0.25, -0.2) is 4.39 Å². The van der Waals surface area contributed by atoms with Gasteiger partial charge in [-0.3, -0.25) is 0 Å². The maximum atomic E-state index is 11.9. The van der Waals surface area contributed by atoms with Gasteiger partial charge < -0.3 is 11.5 Å². The van der Waals surface area contributed by atoms with Gasteiger partial charge in [0, 0.05) is 6.54 Å². The summed E-state index contributed by atoms with van der Waals surface area (Å²) in [5, 5.41) is 0. The quantitative estimate of drug-likeness (QED) is 0.585. The third kappa shape index (κ3) is 6.14. The van der Waals surface area contributed by atoms with E-state index in [1.165, 1.54) is 0 Å². The van der Waals surface area contributed by atoms with E-state index in [1.807, 2.05) is 0 Å². The fraction of sp³-hybridized carbons (Fsp3) is 1.00. The molecule has 0 aliphatic heterocycles. The summed E-state index contributed by atoms with van der Waals surface area (Å²) < 4.78 is 11.9. The zero-order valence-electron chi connectivity index (χ0n) is 4.64. The first-order valence-electron chi connectivity index (χ1n) is 2.35. The van der Waals surface area contributed by atoms with Crippen molar-refractivity contribution < 1.29 is 4.39 Å². The van der Waals surface area contributed by atoms with E-state index in [2.05, 4.69) is 0 Å². The van der Waals surface area contributed by atoms with Gasteiger partial charge in [0.2, 0.25) is 0 Å². The molecule has 0 fully saturated rings. The standard InChI is InChI=1S/C4H11FN2.ClH/c5-4(3-7)1-2-6;/h4H,1-3,6-7H2;1H. The lowest BCUT2D eigenvalue weighted by atomic mass is 10.3. The Morgan fingerprint density at radius 3 is 2.00 bits per heavy atom. The molecule has 8 heavy (non-hydrogen) atoms. The Bertz CT molecular complexity index is 45.0. The highest BCUT2D eigenvalue weighted by atomic mass is 35.5. The van der Waals surface area contributed by atoms with Crippen LogP contribution in [0.15, 0.2) is 0 Å². The molecule has 1 atom stereocenters. The van der Waals surface area contributed by atoms with Crippen LogP contribution in [0.5, 0.6) is 0 Å². The Kier molecular flexibility index (Phi) is 9.82. The van der Waals surface area contributed by atoms with Crippen molar-refractivity contribution >= 4 is 12.4 Å². The molecule has 0 spiro atoms. The van der Waals surface area contributed by atoms with Gasteiger partial charge in [0.05, 0.1) is 0 Å². The monoisotopic (exact) mass is 142 g/mol. The minimum atomic E-state index is -0.898. The van der Waals surface area contributed by atoms with Gasteiger partial charge in [0.15, 0.2) is 0 Å². The maximum absolute atomic E-state index is 11.9. The molecule has 0 saturated carbocycles. The maximum Gasteiger partial charge on any atom is 0.113 e. The zero-order valence-corrected chi connectivity index (χ0v) is 5.46. The summed E-state index contributed by atoms with van der Waals surface area (Å²) in [5.74, 6) is 0. The van der Waals surface area contributed by atoms with Crippen molar-refractivity contribution in [2.45, 2.75) is 12.6 Å². The first-order valence-corrected chi connectivity index (χ1v) is 2.35. The summed E-state index contributed by atoms with van der Waals surface area (Å²) in [6, 6.07) is 0. The molecule has 0 amide bonds. The van der Waals surface area contributed by atoms with Crippen LogP contribution in [0.1, 0.15) is 6.42 Å². The van der Waals surface area contributed by atoms with Crippen molar-refractivity contribution in [1.29, 1.82) is 0 Å². The van der Waals surface area contributed by atoms with Crippen LogP contribution in [-0.4, -0.2) is 19.3 Å². The van der Waals surface area contributed by atoms with E-state index in [-0.39, 0.29) is 19.0 Å². The Morgan fingerprint density at radius 2 is 1.88 bits per heavy atom. The number of rotatable bonds is 3. The SMILES string of the molecule is Cl.NCCC(F)CN. The highest BCUT2D eigenvalue weighted by molar-refractivity contribution is 5.85. The lowest BCUT2D eigenvalue weighted by molar-refractivity contribution is 0.326. The second-order valence-electron chi connectivity index (χ2n) is 1.41. The van der Waals surface area contributed by atoms with Crippen LogP contribution in [-0.2, 0) is 0 Å². The van der Waals surface area contributed by atoms with Gasteiger partial charge in [0.25, 0.3) is 0 Å². The van der Waals surface area contributed by atoms with E-state index in [1.54, 1.807) is 0 Å². The minimum Gasteiger partial charge on any atom is -0.330 e. The van der Waals surface area contributed by atoms with Gasteiger partial charge in [-0.1, -0.05) is 0 Å². The van der Waals surface area contributed by atoms with E-state index in [4.69, 9.17) is 11.5 Å². The average molecular weight is 143 g/mol. The van der Waals surface area contributed by atoms with E-state index in [0.29, 0.717) is 13.0 Å². The normalized spacial score (nSPS) is 12.4. The Hall–Kier alpha value is 0.140. The number of hydrogen-bond donors (Lipinski definition) is 2. The van der Waals surface area contributed by atoms with Crippen LogP contribution in [0, 0.1) is 0 Å². The molecule has 0 aliphatic carbocycles. The van der Waals surface area contributed by atoms with E-state index >= 15 is 0 Å². The van der Waals surface area contributed by atoms with Crippen molar-refractivity contribution in [3.8, 4) is 0 Å². The lowest BCUT2D eigenvalue weighted by Crippen LogP contribution is -2.18. The number of nitrogens with two attached hydrogens (primary N) is 2. The van der Waals surface area contributed by atoms with Gasteiger partial charge in [-0.15, -0.1) is 12.4 Å². The first kappa shape index (κ1) is 11.0. The van der Waals surface area contributed by atoms with E-state index < -0.39 is 6.17 Å². The van der Waals surface area contributed by atoms with E-state index in [0.717, 1.165) is 0 Å². The van der Waals surface area contributed by atoms with Crippen molar-refractivity contribution in [2.75, 3.05) is 13.1 Å². The third-order valence-electron chi connectivity index (χ3n) is 0.736. The molecular formula is C4H12ClFN2. The molecule has 2 nitrogen and oxygen atoms in total. The highest BCUT2D eigenvalue weighted by Crippen LogP contribution is 1.90. The molecule has 1 unspecified atom stereocenters. The van der Waals surface area contributed by atoms with Crippen LogP contribution < -0.4 is 11.5 Å². The van der Waals surface area contributed by atoms with Crippen molar-refractivity contribution in [3.05, 3.63) is 0 Å². The fourth-order valence-electron chi connectivity index (χ4n) is 0.299. The number of halogens is 2. The summed E-state index contributed by atoms with van der Waals surface area (Å²) >= 11 is 0.